The predicted molar refractivity (Wildman–Crippen MR) is 55.8 cm³/mol. The summed E-state index contributed by atoms with van der Waals surface area (Å²) in [5, 5.41) is 0. The van der Waals surface area contributed by atoms with Crippen molar-refractivity contribution in [1.29, 1.82) is 0 Å². The molecule has 0 aromatic heterocycles. The Morgan fingerprint density at radius 3 is 2.93 bits per heavy atom. The van der Waals surface area contributed by atoms with E-state index in [9.17, 15) is 4.79 Å². The third-order valence-corrected chi connectivity index (χ3v) is 2.54. The molecule has 0 saturated heterocycles. The fraction of sp³-hybridized carbons (Fsp3) is 0.417. The van der Waals surface area contributed by atoms with Crippen molar-refractivity contribution in [1.82, 2.24) is 0 Å². The van der Waals surface area contributed by atoms with Crippen molar-refractivity contribution in [3.63, 3.8) is 0 Å². The number of hydrogen-bond donors (Lipinski definition) is 0. The van der Waals surface area contributed by atoms with Crippen LogP contribution in [0.2, 0.25) is 0 Å². The van der Waals surface area contributed by atoms with Crippen molar-refractivity contribution in [2.45, 2.75) is 25.9 Å². The molecule has 2 rings (SSSR count). The van der Waals surface area contributed by atoms with Gasteiger partial charge in [0.1, 0.15) is 5.75 Å². The molecule has 1 heterocycles. The first-order chi connectivity index (χ1) is 7.15. The van der Waals surface area contributed by atoms with Crippen LogP contribution in [0.15, 0.2) is 24.3 Å². The van der Waals surface area contributed by atoms with Gasteiger partial charge in [-0.1, -0.05) is 18.2 Å². The molecule has 0 fully saturated rings. The number of para-hydroxylation sites is 1. The third kappa shape index (κ3) is 1.69. The number of fused-ring (bicyclic) bond motifs is 1. The molecule has 1 aliphatic rings. The summed E-state index contributed by atoms with van der Waals surface area (Å²) in [6.07, 6.45) is 0.585. The van der Waals surface area contributed by atoms with Gasteiger partial charge in [0.15, 0.2) is 0 Å². The highest BCUT2D eigenvalue weighted by molar-refractivity contribution is 5.81. The zero-order valence-electron chi connectivity index (χ0n) is 8.95. The lowest BCUT2D eigenvalue weighted by molar-refractivity contribution is -0.158. The van der Waals surface area contributed by atoms with Crippen molar-refractivity contribution in [2.75, 3.05) is 6.61 Å². The van der Waals surface area contributed by atoms with E-state index in [4.69, 9.17) is 9.47 Å². The van der Waals surface area contributed by atoms with Gasteiger partial charge in [-0.2, -0.15) is 0 Å². The van der Waals surface area contributed by atoms with Gasteiger partial charge in [-0.05, 0) is 25.5 Å². The van der Waals surface area contributed by atoms with Gasteiger partial charge in [-0.15, -0.1) is 0 Å². The molecule has 3 nitrogen and oxygen atoms in total. The summed E-state index contributed by atoms with van der Waals surface area (Å²) in [5.41, 5.74) is 0.215. The minimum Gasteiger partial charge on any atom is -0.475 e. The van der Waals surface area contributed by atoms with Gasteiger partial charge in [0.2, 0.25) is 5.60 Å². The van der Waals surface area contributed by atoms with Crippen molar-refractivity contribution >= 4 is 5.97 Å². The zero-order chi connectivity index (χ0) is 10.9. The van der Waals surface area contributed by atoms with Crippen LogP contribution in [0.1, 0.15) is 19.4 Å². The Bertz CT molecular complexity index is 359. The number of hydrogen-bond acceptors (Lipinski definition) is 3. The van der Waals surface area contributed by atoms with E-state index < -0.39 is 5.60 Å². The van der Waals surface area contributed by atoms with E-state index in [1.165, 1.54) is 0 Å². The van der Waals surface area contributed by atoms with E-state index in [2.05, 4.69) is 0 Å². The number of ether oxygens (including phenoxy) is 2. The van der Waals surface area contributed by atoms with Crippen LogP contribution in [-0.2, 0) is 16.0 Å². The smallest absolute Gasteiger partial charge is 0.350 e. The summed E-state index contributed by atoms with van der Waals surface area (Å²) in [4.78, 5) is 11.7. The summed E-state index contributed by atoms with van der Waals surface area (Å²) in [5.74, 6) is 0.495. The van der Waals surface area contributed by atoms with Gasteiger partial charge in [0.25, 0.3) is 0 Å². The molecule has 1 aliphatic heterocycles. The molecule has 15 heavy (non-hydrogen) atoms. The normalized spacial score (nSPS) is 23.1. The molecule has 0 spiro atoms. The minimum absolute atomic E-state index is 0.291. The highest BCUT2D eigenvalue weighted by atomic mass is 16.6. The lowest BCUT2D eigenvalue weighted by atomic mass is 10.00. The van der Waals surface area contributed by atoms with Crippen LogP contribution in [-0.4, -0.2) is 18.2 Å². The number of rotatable bonds is 2. The van der Waals surface area contributed by atoms with Gasteiger partial charge in [-0.25, -0.2) is 4.79 Å². The van der Waals surface area contributed by atoms with E-state index in [1.807, 2.05) is 24.3 Å². The van der Waals surface area contributed by atoms with Gasteiger partial charge in [-0.3, -0.25) is 0 Å². The first-order valence-corrected chi connectivity index (χ1v) is 5.10. The maximum absolute atomic E-state index is 11.7. The molecule has 0 amide bonds. The van der Waals surface area contributed by atoms with Crippen LogP contribution in [0.4, 0.5) is 0 Å². The third-order valence-electron chi connectivity index (χ3n) is 2.54. The molecule has 0 radical (unpaired) electrons. The summed E-state index contributed by atoms with van der Waals surface area (Å²) < 4.78 is 10.6. The molecule has 3 heteroatoms. The lowest BCUT2D eigenvalue weighted by Crippen LogP contribution is -2.41. The number of carbonyl (C=O) groups excluding carboxylic acids is 1. The average molecular weight is 206 g/mol. The lowest BCUT2D eigenvalue weighted by Gasteiger charge is -2.21. The van der Waals surface area contributed by atoms with Gasteiger partial charge in [0, 0.05) is 6.42 Å². The molecule has 1 unspecified atom stereocenters. The van der Waals surface area contributed by atoms with Crippen LogP contribution in [0, 0.1) is 0 Å². The first kappa shape index (κ1) is 10.0. The van der Waals surface area contributed by atoms with Crippen LogP contribution in [0.25, 0.3) is 0 Å². The quantitative estimate of drug-likeness (QED) is 0.694. The highest BCUT2D eigenvalue weighted by Crippen LogP contribution is 2.35. The number of esters is 1. The Morgan fingerprint density at radius 2 is 2.27 bits per heavy atom. The molecule has 0 bridgehead atoms. The van der Waals surface area contributed by atoms with Crippen LogP contribution in [0.5, 0.6) is 5.75 Å². The Labute approximate surface area is 89.0 Å². The van der Waals surface area contributed by atoms with Crippen molar-refractivity contribution in [3.8, 4) is 5.75 Å². The molecule has 0 N–H and O–H groups in total. The van der Waals surface area contributed by atoms with Crippen molar-refractivity contribution in [2.24, 2.45) is 0 Å². The molecule has 0 aliphatic carbocycles. The predicted octanol–water partition coefficient (Wildman–Crippen LogP) is 1.94. The van der Waals surface area contributed by atoms with Gasteiger partial charge >= 0.3 is 5.97 Å². The maximum Gasteiger partial charge on any atom is 0.350 e. The van der Waals surface area contributed by atoms with E-state index in [-0.39, 0.29) is 5.97 Å². The van der Waals surface area contributed by atoms with Crippen molar-refractivity contribution in [3.05, 3.63) is 29.8 Å². The Kier molecular flexibility index (Phi) is 2.39. The minimum atomic E-state index is -0.848. The summed E-state index contributed by atoms with van der Waals surface area (Å²) in [6.45, 7) is 3.95. The molecular weight excluding hydrogens is 192 g/mol. The maximum atomic E-state index is 11.7. The Hall–Kier alpha value is -1.51. The summed E-state index contributed by atoms with van der Waals surface area (Å²) >= 11 is 0. The van der Waals surface area contributed by atoms with Crippen LogP contribution < -0.4 is 4.74 Å². The monoisotopic (exact) mass is 206 g/mol. The molecule has 80 valence electrons. The fourth-order valence-corrected chi connectivity index (χ4v) is 1.79. The molecule has 1 aromatic carbocycles. The van der Waals surface area contributed by atoms with Gasteiger partial charge in [0.05, 0.1) is 6.61 Å². The summed E-state index contributed by atoms with van der Waals surface area (Å²) in [6, 6.07) is 7.69. The van der Waals surface area contributed by atoms with Crippen molar-refractivity contribution < 1.29 is 14.3 Å². The van der Waals surface area contributed by atoms with E-state index in [0.29, 0.717) is 13.0 Å². The number of benzene rings is 1. The van der Waals surface area contributed by atoms with E-state index in [0.717, 1.165) is 11.3 Å². The average Bonchev–Trinajstić information content (AvgIpc) is 2.56. The second kappa shape index (κ2) is 3.57. The Morgan fingerprint density at radius 1 is 1.53 bits per heavy atom. The second-order valence-corrected chi connectivity index (χ2v) is 3.84. The van der Waals surface area contributed by atoms with Gasteiger partial charge < -0.3 is 9.47 Å². The first-order valence-electron chi connectivity index (χ1n) is 5.10. The standard InChI is InChI=1S/C12H14O3/c1-3-14-11(13)12(2)8-9-6-4-5-7-10(9)15-12/h4-7H,3,8H2,1-2H3. The Balaban J connectivity index is 2.21. The molecular formula is C12H14O3. The zero-order valence-corrected chi connectivity index (χ0v) is 8.95. The van der Waals surface area contributed by atoms with E-state index >= 15 is 0 Å². The fourth-order valence-electron chi connectivity index (χ4n) is 1.79. The summed E-state index contributed by atoms with van der Waals surface area (Å²) in [7, 11) is 0. The van der Waals surface area contributed by atoms with E-state index in [1.54, 1.807) is 13.8 Å². The van der Waals surface area contributed by atoms with Crippen LogP contribution in [0.3, 0.4) is 0 Å². The second-order valence-electron chi connectivity index (χ2n) is 3.84. The molecule has 1 aromatic rings. The number of carbonyl (C=O) groups is 1. The SMILES string of the molecule is CCOC(=O)C1(C)Cc2ccccc2O1. The van der Waals surface area contributed by atoms with Crippen LogP contribution >= 0.6 is 0 Å². The topological polar surface area (TPSA) is 35.5 Å². The highest BCUT2D eigenvalue weighted by Gasteiger charge is 2.42. The molecule has 1 atom stereocenters. The molecule has 0 saturated carbocycles. The largest absolute Gasteiger partial charge is 0.475 e.